The number of anilines is 1. The molecule has 3 aromatic rings. The highest BCUT2D eigenvalue weighted by Gasteiger charge is 2.15. The smallest absolute Gasteiger partial charge is 0.304 e. The van der Waals surface area contributed by atoms with E-state index in [1.54, 1.807) is 6.07 Å². The zero-order valence-electron chi connectivity index (χ0n) is 15.8. The zero-order chi connectivity index (χ0) is 20.6. The Bertz CT molecular complexity index is 963. The molecule has 6 heteroatoms. The van der Waals surface area contributed by atoms with Crippen LogP contribution in [0.2, 0.25) is 5.02 Å². The fourth-order valence-corrected chi connectivity index (χ4v) is 3.21. The van der Waals surface area contributed by atoms with Crippen LogP contribution in [0.4, 0.5) is 5.69 Å². The number of carbonyl (C=O) groups is 1. The lowest BCUT2D eigenvalue weighted by Gasteiger charge is -2.16. The van der Waals surface area contributed by atoms with Gasteiger partial charge in [-0.1, -0.05) is 48.0 Å². The van der Waals surface area contributed by atoms with E-state index >= 15 is 0 Å². The molecule has 0 aliphatic heterocycles. The highest BCUT2D eigenvalue weighted by atomic mass is 35.5. The molecule has 29 heavy (non-hydrogen) atoms. The predicted octanol–water partition coefficient (Wildman–Crippen LogP) is 5.26. The first-order chi connectivity index (χ1) is 14.0. The third kappa shape index (κ3) is 5.98. The summed E-state index contributed by atoms with van der Waals surface area (Å²) in [5, 5.41) is 13.0. The summed E-state index contributed by atoms with van der Waals surface area (Å²) in [6.07, 6.45) is -0.0174. The molecule has 0 fully saturated rings. The third-order valence-corrected chi connectivity index (χ3v) is 4.86. The van der Waals surface area contributed by atoms with E-state index in [9.17, 15) is 4.79 Å². The maximum Gasteiger partial charge on any atom is 0.304 e. The van der Waals surface area contributed by atoms with Crippen LogP contribution in [0, 0.1) is 0 Å². The van der Waals surface area contributed by atoms with Gasteiger partial charge in [-0.15, -0.1) is 0 Å². The molecule has 0 spiro atoms. The molecule has 5 nitrogen and oxygen atoms in total. The van der Waals surface area contributed by atoms with Gasteiger partial charge < -0.3 is 20.9 Å². The Hall–Kier alpha value is -3.02. The van der Waals surface area contributed by atoms with Crippen molar-refractivity contribution in [3.8, 4) is 11.5 Å². The maximum absolute atomic E-state index is 11.1. The molecule has 3 rings (SSSR count). The number of carboxylic acids is 1. The van der Waals surface area contributed by atoms with Gasteiger partial charge in [0, 0.05) is 12.5 Å². The van der Waals surface area contributed by atoms with Crippen LogP contribution in [0.1, 0.15) is 23.5 Å². The van der Waals surface area contributed by atoms with E-state index in [1.165, 1.54) is 0 Å². The van der Waals surface area contributed by atoms with E-state index in [-0.39, 0.29) is 18.9 Å². The van der Waals surface area contributed by atoms with Crippen LogP contribution in [0.3, 0.4) is 0 Å². The van der Waals surface area contributed by atoms with Crippen molar-refractivity contribution in [1.82, 2.24) is 0 Å². The van der Waals surface area contributed by atoms with E-state index in [4.69, 9.17) is 27.2 Å². The minimum Gasteiger partial charge on any atom is -0.481 e. The number of nitrogens with two attached hydrogens (primary N) is 1. The summed E-state index contributed by atoms with van der Waals surface area (Å²) in [6, 6.07) is 22.9. The highest BCUT2D eigenvalue weighted by Crippen LogP contribution is 2.29. The molecule has 0 bridgehead atoms. The van der Waals surface area contributed by atoms with Crippen molar-refractivity contribution in [1.29, 1.82) is 0 Å². The van der Waals surface area contributed by atoms with Crippen LogP contribution >= 0.6 is 11.6 Å². The zero-order valence-corrected chi connectivity index (χ0v) is 16.6. The average Bonchev–Trinajstić information content (AvgIpc) is 2.72. The summed E-state index contributed by atoms with van der Waals surface area (Å²) in [7, 11) is 0. The van der Waals surface area contributed by atoms with E-state index in [1.807, 2.05) is 66.7 Å². The van der Waals surface area contributed by atoms with Gasteiger partial charge in [-0.25, -0.2) is 0 Å². The Balaban J connectivity index is 1.70. The van der Waals surface area contributed by atoms with Crippen molar-refractivity contribution >= 4 is 23.3 Å². The first-order valence-electron chi connectivity index (χ1n) is 9.32. The van der Waals surface area contributed by atoms with Crippen molar-refractivity contribution in [2.24, 2.45) is 5.73 Å². The molecule has 0 saturated carbocycles. The first-order valence-corrected chi connectivity index (χ1v) is 9.70. The second-order valence-corrected chi connectivity index (χ2v) is 7.09. The average molecular weight is 411 g/mol. The number of nitrogens with one attached hydrogen (secondary N) is 1. The van der Waals surface area contributed by atoms with Gasteiger partial charge in [-0.3, -0.25) is 4.79 Å². The monoisotopic (exact) mass is 410 g/mol. The first kappa shape index (κ1) is 20.7. The Kier molecular flexibility index (Phi) is 7.11. The minimum absolute atomic E-state index is 0.0174. The van der Waals surface area contributed by atoms with Gasteiger partial charge in [0.1, 0.15) is 11.5 Å². The largest absolute Gasteiger partial charge is 0.481 e. The minimum atomic E-state index is -0.875. The molecular weight excluding hydrogens is 388 g/mol. The molecule has 0 heterocycles. The summed E-state index contributed by atoms with van der Waals surface area (Å²) in [5.74, 6) is 0.396. The van der Waals surface area contributed by atoms with Crippen LogP contribution in [-0.2, 0) is 11.3 Å². The van der Waals surface area contributed by atoms with Crippen LogP contribution in [0.5, 0.6) is 11.5 Å². The standard InChI is InChI=1S/C23H23ClN2O3/c24-21-10-9-17(18(14-25)13-23(27)28)12-22(21)26-15-16-5-4-8-20(11-16)29-19-6-2-1-3-7-19/h1-12,18,26H,13-15,25H2,(H,27,28)/t18-/m0/s1. The number of halogens is 1. The molecule has 0 amide bonds. The lowest BCUT2D eigenvalue weighted by atomic mass is 9.95. The van der Waals surface area contributed by atoms with E-state index in [0.717, 1.165) is 28.3 Å². The lowest BCUT2D eigenvalue weighted by Crippen LogP contribution is -2.16. The summed E-state index contributed by atoms with van der Waals surface area (Å²) in [6.45, 7) is 0.799. The van der Waals surface area contributed by atoms with Crippen molar-refractivity contribution in [3.05, 3.63) is 88.9 Å². The number of carboxylic acid groups (broad SMARTS) is 1. The number of hydrogen-bond donors (Lipinski definition) is 3. The van der Waals surface area contributed by atoms with Gasteiger partial charge in [-0.05, 0) is 54.1 Å². The van der Waals surface area contributed by atoms with Crippen LogP contribution in [0.15, 0.2) is 72.8 Å². The Morgan fingerprint density at radius 1 is 1.03 bits per heavy atom. The molecule has 0 unspecified atom stereocenters. The molecule has 0 saturated heterocycles. The lowest BCUT2D eigenvalue weighted by molar-refractivity contribution is -0.137. The van der Waals surface area contributed by atoms with Crippen molar-refractivity contribution in [2.75, 3.05) is 11.9 Å². The molecule has 0 aliphatic rings. The third-order valence-electron chi connectivity index (χ3n) is 4.53. The number of benzene rings is 3. The molecular formula is C23H23ClN2O3. The molecule has 3 aromatic carbocycles. The van der Waals surface area contributed by atoms with Gasteiger partial charge >= 0.3 is 5.97 Å². The number of hydrogen-bond acceptors (Lipinski definition) is 4. The fraction of sp³-hybridized carbons (Fsp3) is 0.174. The Labute approximate surface area is 175 Å². The van der Waals surface area contributed by atoms with Crippen LogP contribution in [-0.4, -0.2) is 17.6 Å². The Morgan fingerprint density at radius 2 is 1.79 bits per heavy atom. The van der Waals surface area contributed by atoms with Crippen molar-refractivity contribution < 1.29 is 14.6 Å². The predicted molar refractivity (Wildman–Crippen MR) is 116 cm³/mol. The topological polar surface area (TPSA) is 84.6 Å². The Morgan fingerprint density at radius 3 is 2.52 bits per heavy atom. The van der Waals surface area contributed by atoms with Gasteiger partial charge in [0.05, 0.1) is 17.1 Å². The van der Waals surface area contributed by atoms with Gasteiger partial charge in [0.25, 0.3) is 0 Å². The summed E-state index contributed by atoms with van der Waals surface area (Å²) < 4.78 is 5.87. The number of para-hydroxylation sites is 1. The fourth-order valence-electron chi connectivity index (χ4n) is 3.02. The summed E-state index contributed by atoms with van der Waals surface area (Å²) in [5.41, 5.74) is 8.37. The second kappa shape index (κ2) is 9.96. The van der Waals surface area contributed by atoms with Crippen LogP contribution < -0.4 is 15.8 Å². The van der Waals surface area contributed by atoms with Crippen LogP contribution in [0.25, 0.3) is 0 Å². The maximum atomic E-state index is 11.1. The van der Waals surface area contributed by atoms with Crippen molar-refractivity contribution in [3.63, 3.8) is 0 Å². The summed E-state index contributed by atoms with van der Waals surface area (Å²) >= 11 is 6.32. The summed E-state index contributed by atoms with van der Waals surface area (Å²) in [4.78, 5) is 11.1. The normalized spacial score (nSPS) is 11.7. The van der Waals surface area contributed by atoms with Gasteiger partial charge in [0.2, 0.25) is 0 Å². The number of ether oxygens (including phenoxy) is 1. The van der Waals surface area contributed by atoms with E-state index in [0.29, 0.717) is 11.6 Å². The van der Waals surface area contributed by atoms with Gasteiger partial charge in [0.15, 0.2) is 0 Å². The van der Waals surface area contributed by atoms with Gasteiger partial charge in [-0.2, -0.15) is 0 Å². The molecule has 0 aromatic heterocycles. The number of rotatable bonds is 9. The molecule has 1 atom stereocenters. The van der Waals surface area contributed by atoms with Crippen molar-refractivity contribution in [2.45, 2.75) is 18.9 Å². The molecule has 0 aliphatic carbocycles. The van der Waals surface area contributed by atoms with E-state index < -0.39 is 5.97 Å². The molecule has 150 valence electrons. The SMILES string of the molecule is NC[C@H](CC(=O)O)c1ccc(Cl)c(NCc2cccc(Oc3ccccc3)c2)c1. The van der Waals surface area contributed by atoms with E-state index in [2.05, 4.69) is 5.32 Å². The second-order valence-electron chi connectivity index (χ2n) is 6.69. The molecule has 0 radical (unpaired) electrons. The quantitative estimate of drug-likeness (QED) is 0.448. The highest BCUT2D eigenvalue weighted by molar-refractivity contribution is 6.33. The molecule has 4 N–H and O–H groups in total. The number of aliphatic carboxylic acids is 1.